The quantitative estimate of drug-likeness (QED) is 0.0823. The molecule has 5 atom stereocenters. The average Bonchev–Trinajstić information content (AvgIpc) is 3.95. The number of para-hydroxylation sites is 1. The molecule has 2 saturated carbocycles. The van der Waals surface area contributed by atoms with Gasteiger partial charge >= 0.3 is 0 Å². The number of carbonyl (C=O) groups excluding carboxylic acids is 2. The number of aromatic nitrogens is 3. The van der Waals surface area contributed by atoms with Crippen LogP contribution >= 0.6 is 22.9 Å². The number of piperazine rings is 1. The Morgan fingerprint density at radius 1 is 0.864 bits per heavy atom. The van der Waals surface area contributed by atoms with E-state index in [2.05, 4.69) is 40.7 Å². The Labute approximate surface area is 354 Å². The number of ether oxygens (including phenoxy) is 5. The van der Waals surface area contributed by atoms with E-state index in [9.17, 15) is 19.8 Å². The van der Waals surface area contributed by atoms with Gasteiger partial charge in [0.2, 0.25) is 5.91 Å². The summed E-state index contributed by atoms with van der Waals surface area (Å²) in [5, 5.41) is 30.0. The number of rotatable bonds is 24. The van der Waals surface area contributed by atoms with Crippen molar-refractivity contribution in [2.45, 2.75) is 38.9 Å². The van der Waals surface area contributed by atoms with Crippen molar-refractivity contribution >= 4 is 57.2 Å². The van der Waals surface area contributed by atoms with E-state index in [4.69, 9.17) is 35.3 Å². The number of fused-ring (bicyclic) bond motifs is 2. The fourth-order valence-electron chi connectivity index (χ4n) is 7.64. The first kappa shape index (κ1) is 45.0. The van der Waals surface area contributed by atoms with Crippen LogP contribution in [-0.4, -0.2) is 159 Å². The highest BCUT2D eigenvalue weighted by atomic mass is 35.5. The van der Waals surface area contributed by atoms with Crippen molar-refractivity contribution in [3.63, 3.8) is 0 Å². The summed E-state index contributed by atoms with van der Waals surface area (Å²) >= 11 is 7.52. The first-order valence-corrected chi connectivity index (χ1v) is 21.5. The van der Waals surface area contributed by atoms with Crippen LogP contribution in [-0.2, 0) is 28.5 Å². The number of aliphatic hydroxyl groups is 2. The molecule has 5 N–H and O–H groups in total. The van der Waals surface area contributed by atoms with Crippen LogP contribution in [0.3, 0.4) is 0 Å². The molecule has 6 rings (SSSR count). The molecule has 1 saturated heterocycles. The summed E-state index contributed by atoms with van der Waals surface area (Å²) in [6.07, 6.45) is 1.40. The molecule has 324 valence electrons. The summed E-state index contributed by atoms with van der Waals surface area (Å²) in [5.41, 5.74) is 1.47. The lowest BCUT2D eigenvalue weighted by molar-refractivity contribution is -0.130. The number of nitrogens with one attached hydrogen (secondary N) is 3. The second kappa shape index (κ2) is 22.9. The minimum Gasteiger partial charge on any atom is -0.390 e. The van der Waals surface area contributed by atoms with Gasteiger partial charge in [0.1, 0.15) is 22.3 Å². The van der Waals surface area contributed by atoms with Gasteiger partial charge in [-0.25, -0.2) is 15.0 Å². The Morgan fingerprint density at radius 2 is 1.53 bits per heavy atom. The average molecular weight is 861 g/mol. The van der Waals surface area contributed by atoms with Crippen molar-refractivity contribution in [2.24, 2.45) is 17.8 Å². The summed E-state index contributed by atoms with van der Waals surface area (Å²) in [4.78, 5) is 44.0. The Hall–Kier alpha value is -3.56. The van der Waals surface area contributed by atoms with Crippen LogP contribution < -0.4 is 20.9 Å². The molecule has 2 amide bonds. The highest BCUT2D eigenvalue weighted by molar-refractivity contribution is 7.17. The minimum atomic E-state index is -0.793. The van der Waals surface area contributed by atoms with Crippen molar-refractivity contribution in [2.75, 3.05) is 121 Å². The first-order chi connectivity index (χ1) is 28.7. The third-order valence-electron chi connectivity index (χ3n) is 10.8. The first-order valence-electron chi connectivity index (χ1n) is 20.3. The lowest BCUT2D eigenvalue weighted by Gasteiger charge is -2.35. The molecule has 0 radical (unpaired) electrons. The molecule has 59 heavy (non-hydrogen) atoms. The van der Waals surface area contributed by atoms with Crippen LogP contribution in [0.5, 0.6) is 0 Å². The second-order valence-corrected chi connectivity index (χ2v) is 16.3. The SMILES string of the molecule is Cc1nc(Nc2ncc(C(=O)Nc3c(C)cccc3Cl)s2)cc(N2CCN(CCOCCOCCOCCOCCOCCNC(=O)C3CC4CC3C(O)C4O)CC2)n1. The van der Waals surface area contributed by atoms with Gasteiger partial charge in [0, 0.05) is 51.3 Å². The summed E-state index contributed by atoms with van der Waals surface area (Å²) in [6.45, 7) is 13.2. The van der Waals surface area contributed by atoms with Crippen LogP contribution in [0.15, 0.2) is 30.5 Å². The van der Waals surface area contributed by atoms with Gasteiger partial charge in [0.15, 0.2) is 5.13 Å². The zero-order valence-electron chi connectivity index (χ0n) is 33.8. The van der Waals surface area contributed by atoms with Crippen molar-refractivity contribution in [1.82, 2.24) is 25.2 Å². The molecule has 3 aliphatic rings. The molecule has 0 spiro atoms. The van der Waals surface area contributed by atoms with E-state index >= 15 is 0 Å². The monoisotopic (exact) mass is 860 g/mol. The number of thiazole rings is 1. The van der Waals surface area contributed by atoms with Gasteiger partial charge in [-0.3, -0.25) is 14.5 Å². The minimum absolute atomic E-state index is 0.0277. The molecule has 19 heteroatoms. The Kier molecular flexibility index (Phi) is 17.4. The van der Waals surface area contributed by atoms with Crippen molar-refractivity contribution in [3.05, 3.63) is 51.7 Å². The predicted molar refractivity (Wildman–Crippen MR) is 224 cm³/mol. The standard InChI is InChI=1S/C40H57ClN8O9S/c1-26-4-3-5-31(41)35(26)47-39(53)32-25-43-40(59-32)46-33-24-34(45-27(2)44-33)49-9-7-48(8-10-49)11-13-55-15-17-57-19-21-58-20-18-56-16-14-54-12-6-42-38(52)30-23-28-22-29(30)37(51)36(28)50/h3-5,24-25,28-30,36-37,50-51H,6-23H2,1-2H3,(H,42,52)(H,47,53)(H,43,44,45,46). The van der Waals surface area contributed by atoms with E-state index in [-0.39, 0.29) is 29.6 Å². The highest BCUT2D eigenvalue weighted by Crippen LogP contribution is 2.48. The normalized spacial score (nSPS) is 21.6. The molecular weight excluding hydrogens is 804 g/mol. The van der Waals surface area contributed by atoms with E-state index < -0.39 is 12.2 Å². The Morgan fingerprint density at radius 3 is 2.17 bits per heavy atom. The summed E-state index contributed by atoms with van der Waals surface area (Å²) in [5.74, 6) is 1.40. The molecule has 2 bridgehead atoms. The number of benzene rings is 1. The number of hydrogen-bond acceptors (Lipinski definition) is 16. The lowest BCUT2D eigenvalue weighted by atomic mass is 9.84. The maximum absolute atomic E-state index is 12.9. The number of aryl methyl sites for hydroxylation is 2. The van der Waals surface area contributed by atoms with Gasteiger partial charge in [0.05, 0.1) is 95.2 Å². The molecule has 2 aromatic heterocycles. The number of carbonyl (C=O) groups is 2. The summed E-state index contributed by atoms with van der Waals surface area (Å²) < 4.78 is 28.0. The Bertz CT molecular complexity index is 1780. The van der Waals surface area contributed by atoms with Gasteiger partial charge in [-0.05, 0) is 50.2 Å². The maximum atomic E-state index is 12.9. The number of halogens is 1. The van der Waals surface area contributed by atoms with Crippen molar-refractivity contribution in [1.29, 1.82) is 0 Å². The molecule has 3 aromatic rings. The molecule has 17 nitrogen and oxygen atoms in total. The van der Waals surface area contributed by atoms with Crippen LogP contribution in [0, 0.1) is 31.6 Å². The largest absolute Gasteiger partial charge is 0.390 e. The van der Waals surface area contributed by atoms with Crippen molar-refractivity contribution < 1.29 is 43.5 Å². The zero-order chi connectivity index (χ0) is 41.6. The van der Waals surface area contributed by atoms with Crippen LogP contribution in [0.4, 0.5) is 22.5 Å². The van der Waals surface area contributed by atoms with E-state index in [1.807, 2.05) is 32.0 Å². The van der Waals surface area contributed by atoms with Gasteiger partial charge in [-0.2, -0.15) is 0 Å². The van der Waals surface area contributed by atoms with Gasteiger partial charge in [-0.1, -0.05) is 35.1 Å². The zero-order valence-corrected chi connectivity index (χ0v) is 35.3. The lowest BCUT2D eigenvalue weighted by Crippen LogP contribution is -2.47. The topological polar surface area (TPSA) is 202 Å². The predicted octanol–water partition coefficient (Wildman–Crippen LogP) is 2.90. The van der Waals surface area contributed by atoms with Crippen LogP contribution in [0.1, 0.15) is 33.9 Å². The van der Waals surface area contributed by atoms with Crippen molar-refractivity contribution in [3.8, 4) is 0 Å². The van der Waals surface area contributed by atoms with E-state index in [1.165, 1.54) is 17.5 Å². The Balaban J connectivity index is 0.733. The third kappa shape index (κ3) is 13.2. The second-order valence-electron chi connectivity index (χ2n) is 14.9. The number of aliphatic hydroxyl groups excluding tert-OH is 2. The van der Waals surface area contributed by atoms with Gasteiger partial charge in [0.25, 0.3) is 5.91 Å². The summed E-state index contributed by atoms with van der Waals surface area (Å²) in [7, 11) is 0. The highest BCUT2D eigenvalue weighted by Gasteiger charge is 2.53. The van der Waals surface area contributed by atoms with E-state index in [0.29, 0.717) is 118 Å². The van der Waals surface area contributed by atoms with Crippen LogP contribution in [0.2, 0.25) is 5.02 Å². The number of hydrogen-bond donors (Lipinski definition) is 5. The molecule has 3 heterocycles. The summed E-state index contributed by atoms with van der Waals surface area (Å²) in [6, 6.07) is 7.38. The fraction of sp³-hybridized carbons (Fsp3) is 0.625. The van der Waals surface area contributed by atoms with Gasteiger partial charge < -0.3 is 54.7 Å². The van der Waals surface area contributed by atoms with Crippen LogP contribution in [0.25, 0.3) is 0 Å². The third-order valence-corrected chi connectivity index (χ3v) is 12.0. The number of anilines is 4. The van der Waals surface area contributed by atoms with Gasteiger partial charge in [-0.15, -0.1) is 0 Å². The molecular formula is C40H57ClN8O9S. The molecule has 3 fully saturated rings. The molecule has 1 aliphatic heterocycles. The fourth-order valence-corrected chi connectivity index (χ4v) is 8.63. The van der Waals surface area contributed by atoms with E-state index in [1.54, 1.807) is 6.07 Å². The smallest absolute Gasteiger partial charge is 0.267 e. The molecule has 1 aromatic carbocycles. The number of amides is 2. The molecule has 5 unspecified atom stereocenters. The number of nitrogens with zero attached hydrogens (tertiary/aromatic N) is 5. The van der Waals surface area contributed by atoms with E-state index in [0.717, 1.165) is 44.1 Å². The molecule has 2 aliphatic carbocycles. The maximum Gasteiger partial charge on any atom is 0.267 e.